The summed E-state index contributed by atoms with van der Waals surface area (Å²) >= 11 is 0. The molecule has 2 atom stereocenters. The van der Waals surface area contributed by atoms with Crippen molar-refractivity contribution < 1.29 is 14.2 Å². The van der Waals surface area contributed by atoms with Gasteiger partial charge in [0.1, 0.15) is 0 Å². The lowest BCUT2D eigenvalue weighted by Gasteiger charge is -2.18. The first-order valence-electron chi connectivity index (χ1n) is 8.66. The first-order chi connectivity index (χ1) is 10.7. The third-order valence-electron chi connectivity index (χ3n) is 3.48. The van der Waals surface area contributed by atoms with E-state index in [-0.39, 0.29) is 6.04 Å². The van der Waals surface area contributed by atoms with Gasteiger partial charge in [0.05, 0.1) is 19.8 Å². The van der Waals surface area contributed by atoms with Gasteiger partial charge < -0.3 is 19.9 Å². The van der Waals surface area contributed by atoms with Crippen molar-refractivity contribution in [2.75, 3.05) is 52.7 Å². The maximum absolute atomic E-state index is 5.88. The second-order valence-electron chi connectivity index (χ2n) is 5.47. The normalized spacial score (nSPS) is 14.2. The van der Waals surface area contributed by atoms with E-state index in [0.29, 0.717) is 19.1 Å². The van der Waals surface area contributed by atoms with Crippen LogP contribution in [0.25, 0.3) is 0 Å². The molecule has 0 heterocycles. The molecule has 0 aliphatic rings. The summed E-state index contributed by atoms with van der Waals surface area (Å²) in [5.74, 6) is 0.466. The number of hydrogen-bond acceptors (Lipinski definition) is 6. The Bertz CT molecular complexity index is 219. The van der Waals surface area contributed by atoms with E-state index in [1.807, 2.05) is 13.8 Å². The molecule has 0 saturated carbocycles. The zero-order chi connectivity index (χ0) is 16.5. The minimum Gasteiger partial charge on any atom is -0.381 e. The Balaban J connectivity index is 3.11. The smallest absolute Gasteiger partial charge is 0.0700 e. The zero-order valence-corrected chi connectivity index (χ0v) is 14.7. The number of rotatable bonds is 17. The van der Waals surface area contributed by atoms with Crippen molar-refractivity contribution in [3.8, 4) is 0 Å². The summed E-state index contributed by atoms with van der Waals surface area (Å²) in [5.41, 5.74) is 12.2. The molecule has 0 aromatic heterocycles. The lowest BCUT2D eigenvalue weighted by atomic mass is 10.0. The van der Waals surface area contributed by atoms with E-state index in [9.17, 15) is 0 Å². The average molecular weight is 319 g/mol. The summed E-state index contributed by atoms with van der Waals surface area (Å²) in [5, 5.41) is 0. The Morgan fingerprint density at radius 2 is 1.45 bits per heavy atom. The van der Waals surface area contributed by atoms with Gasteiger partial charge in [-0.05, 0) is 39.0 Å². The van der Waals surface area contributed by atoms with Crippen molar-refractivity contribution in [3.05, 3.63) is 0 Å². The quantitative estimate of drug-likeness (QED) is 0.277. The van der Waals surface area contributed by atoms with Crippen LogP contribution in [0, 0.1) is 5.92 Å². The highest BCUT2D eigenvalue weighted by atomic mass is 16.5. The molecule has 0 aliphatic carbocycles. The zero-order valence-electron chi connectivity index (χ0n) is 14.7. The molecule has 6 nitrogen and oxygen atoms in total. The van der Waals surface area contributed by atoms with Gasteiger partial charge in [-0.25, -0.2) is 0 Å². The predicted octanol–water partition coefficient (Wildman–Crippen LogP) is 1.30. The molecular weight excluding hydrogens is 282 g/mol. The van der Waals surface area contributed by atoms with Crippen molar-refractivity contribution in [1.29, 1.82) is 0 Å². The van der Waals surface area contributed by atoms with Crippen LogP contribution < -0.4 is 16.6 Å². The molecule has 0 amide bonds. The van der Waals surface area contributed by atoms with Gasteiger partial charge in [-0.3, -0.25) is 10.9 Å². The summed E-state index contributed by atoms with van der Waals surface area (Å²) < 4.78 is 16.3. The second-order valence-corrected chi connectivity index (χ2v) is 5.47. The van der Waals surface area contributed by atoms with E-state index in [4.69, 9.17) is 19.9 Å². The Labute approximate surface area is 136 Å². The van der Waals surface area contributed by atoms with Crippen LogP contribution in [-0.2, 0) is 14.2 Å². The van der Waals surface area contributed by atoms with Crippen LogP contribution in [0.1, 0.15) is 40.0 Å². The van der Waals surface area contributed by atoms with Crippen LogP contribution >= 0.6 is 0 Å². The summed E-state index contributed by atoms with van der Waals surface area (Å²) in [4.78, 5) is 0. The van der Waals surface area contributed by atoms with Gasteiger partial charge in [-0.1, -0.05) is 6.92 Å². The summed E-state index contributed by atoms with van der Waals surface area (Å²) in [6.07, 6.45) is 3.06. The highest BCUT2D eigenvalue weighted by molar-refractivity contribution is 4.65. The first kappa shape index (κ1) is 21.8. The second kappa shape index (κ2) is 17.1. The van der Waals surface area contributed by atoms with E-state index in [0.717, 1.165) is 58.8 Å². The molecule has 0 radical (unpaired) electrons. The van der Waals surface area contributed by atoms with Crippen LogP contribution in [0.4, 0.5) is 0 Å². The third-order valence-corrected chi connectivity index (χ3v) is 3.48. The lowest BCUT2D eigenvalue weighted by molar-refractivity contribution is 0.0517. The topological polar surface area (TPSA) is 77.8 Å². The number of hydrazine groups is 1. The molecule has 0 saturated heterocycles. The lowest BCUT2D eigenvalue weighted by Crippen LogP contribution is -2.34. The van der Waals surface area contributed by atoms with E-state index < -0.39 is 0 Å². The number of hydrogen-bond donors (Lipinski definition) is 3. The fourth-order valence-corrected chi connectivity index (χ4v) is 1.94. The molecule has 0 spiro atoms. The highest BCUT2D eigenvalue weighted by Gasteiger charge is 2.10. The molecule has 134 valence electrons. The maximum Gasteiger partial charge on any atom is 0.0700 e. The minimum atomic E-state index is 0.209. The SMILES string of the molecule is CCOCCOCCCNNCCCOCC(CC)C(C)N. The van der Waals surface area contributed by atoms with Gasteiger partial charge >= 0.3 is 0 Å². The molecule has 0 aromatic carbocycles. The predicted molar refractivity (Wildman–Crippen MR) is 90.8 cm³/mol. The molecule has 0 aromatic rings. The van der Waals surface area contributed by atoms with Gasteiger partial charge in [0.2, 0.25) is 0 Å². The van der Waals surface area contributed by atoms with E-state index in [1.54, 1.807) is 0 Å². The van der Waals surface area contributed by atoms with Crippen molar-refractivity contribution >= 4 is 0 Å². The summed E-state index contributed by atoms with van der Waals surface area (Å²) in [6, 6.07) is 0.209. The van der Waals surface area contributed by atoms with Gasteiger partial charge in [0.15, 0.2) is 0 Å². The summed E-state index contributed by atoms with van der Waals surface area (Å²) in [7, 11) is 0. The number of nitrogens with one attached hydrogen (secondary N) is 2. The fourth-order valence-electron chi connectivity index (χ4n) is 1.94. The molecular formula is C16H37N3O3. The molecule has 22 heavy (non-hydrogen) atoms. The average Bonchev–Trinajstić information content (AvgIpc) is 2.51. The van der Waals surface area contributed by atoms with Crippen molar-refractivity contribution in [1.82, 2.24) is 10.9 Å². The fraction of sp³-hybridized carbons (Fsp3) is 1.00. The van der Waals surface area contributed by atoms with Crippen LogP contribution in [-0.4, -0.2) is 58.8 Å². The Morgan fingerprint density at radius 3 is 2.00 bits per heavy atom. The molecule has 0 aliphatic heterocycles. The van der Waals surface area contributed by atoms with Gasteiger partial charge in [-0.15, -0.1) is 0 Å². The number of nitrogens with two attached hydrogens (primary N) is 1. The van der Waals surface area contributed by atoms with Gasteiger partial charge in [-0.2, -0.15) is 0 Å². The molecule has 0 rings (SSSR count). The largest absolute Gasteiger partial charge is 0.381 e. The third kappa shape index (κ3) is 14.7. The highest BCUT2D eigenvalue weighted by Crippen LogP contribution is 2.06. The standard InChI is InChI=1S/C16H37N3O3/c1-4-16(15(3)17)14-22-11-7-9-19-18-8-6-10-21-13-12-20-5-2/h15-16,18-19H,4-14,17H2,1-3H3. The minimum absolute atomic E-state index is 0.209. The van der Waals surface area contributed by atoms with E-state index >= 15 is 0 Å². The molecule has 2 unspecified atom stereocenters. The Kier molecular flexibility index (Phi) is 16.9. The van der Waals surface area contributed by atoms with E-state index in [2.05, 4.69) is 17.8 Å². The van der Waals surface area contributed by atoms with Crippen molar-refractivity contribution in [3.63, 3.8) is 0 Å². The monoisotopic (exact) mass is 319 g/mol. The molecule has 0 bridgehead atoms. The van der Waals surface area contributed by atoms with E-state index in [1.165, 1.54) is 0 Å². The van der Waals surface area contributed by atoms with Crippen LogP contribution in [0.5, 0.6) is 0 Å². The van der Waals surface area contributed by atoms with Crippen molar-refractivity contribution in [2.45, 2.75) is 46.1 Å². The summed E-state index contributed by atoms with van der Waals surface area (Å²) in [6.45, 7) is 12.4. The Hall–Kier alpha value is -0.240. The van der Waals surface area contributed by atoms with Gasteiger partial charge in [0.25, 0.3) is 0 Å². The number of ether oxygens (including phenoxy) is 3. The van der Waals surface area contributed by atoms with Gasteiger partial charge in [0, 0.05) is 39.0 Å². The molecule has 6 heteroatoms. The Morgan fingerprint density at radius 1 is 0.864 bits per heavy atom. The molecule has 4 N–H and O–H groups in total. The van der Waals surface area contributed by atoms with Crippen molar-refractivity contribution in [2.24, 2.45) is 11.7 Å². The van der Waals surface area contributed by atoms with Crippen LogP contribution in [0.2, 0.25) is 0 Å². The maximum atomic E-state index is 5.88. The van der Waals surface area contributed by atoms with Crippen LogP contribution in [0.15, 0.2) is 0 Å². The first-order valence-corrected chi connectivity index (χ1v) is 8.66. The van der Waals surface area contributed by atoms with Crippen LogP contribution in [0.3, 0.4) is 0 Å². The molecule has 0 fully saturated rings.